The number of nitrogens with zero attached hydrogens (tertiary/aromatic N) is 1. The lowest BCUT2D eigenvalue weighted by Crippen LogP contribution is -2.36. The topological polar surface area (TPSA) is 47.7 Å². The lowest BCUT2D eigenvalue weighted by atomic mass is 10.0. The predicted octanol–water partition coefficient (Wildman–Crippen LogP) is 3.20. The van der Waals surface area contributed by atoms with Crippen molar-refractivity contribution >= 4 is 15.9 Å². The zero-order valence-corrected chi connectivity index (χ0v) is 14.5. The van der Waals surface area contributed by atoms with Crippen molar-refractivity contribution in [2.75, 3.05) is 27.8 Å². The number of benzene rings is 1. The smallest absolute Gasteiger partial charge is 0.161 e. The molecule has 4 nitrogen and oxygen atoms in total. The molecule has 0 aliphatic heterocycles. The number of nitrogens with two attached hydrogens (primary N) is 1. The molecule has 114 valence electrons. The average Bonchev–Trinajstić information content (AvgIpc) is 2.47. The second-order valence-electron chi connectivity index (χ2n) is 4.90. The first kappa shape index (κ1) is 17.3. The number of likely N-dealkylation sites (N-methyl/N-ethyl adjacent to an activating group) is 1. The summed E-state index contributed by atoms with van der Waals surface area (Å²) < 4.78 is 11.7. The summed E-state index contributed by atoms with van der Waals surface area (Å²) in [5.74, 6) is 1.44. The van der Waals surface area contributed by atoms with Crippen LogP contribution < -0.4 is 15.2 Å². The van der Waals surface area contributed by atoms with Crippen LogP contribution in [0.15, 0.2) is 16.6 Å². The van der Waals surface area contributed by atoms with E-state index in [4.69, 9.17) is 15.2 Å². The van der Waals surface area contributed by atoms with Crippen LogP contribution in [0.4, 0.5) is 0 Å². The fourth-order valence-electron chi connectivity index (χ4n) is 2.23. The third-order valence-electron chi connectivity index (χ3n) is 3.86. The van der Waals surface area contributed by atoms with Gasteiger partial charge >= 0.3 is 0 Å². The van der Waals surface area contributed by atoms with E-state index in [1.54, 1.807) is 14.2 Å². The standard InChI is InChI=1S/C15H25BrN2O2/c1-6-10(2)18(3)13(9-17)11-7-14(19-4)15(20-5)8-12(11)16/h7-8,10,13H,6,9,17H2,1-5H3. The summed E-state index contributed by atoms with van der Waals surface area (Å²) >= 11 is 3.61. The van der Waals surface area contributed by atoms with Crippen molar-refractivity contribution in [1.82, 2.24) is 4.90 Å². The van der Waals surface area contributed by atoms with Crippen molar-refractivity contribution in [3.8, 4) is 11.5 Å². The summed E-state index contributed by atoms with van der Waals surface area (Å²) in [7, 11) is 5.38. The fourth-order valence-corrected chi connectivity index (χ4v) is 2.82. The minimum absolute atomic E-state index is 0.138. The second kappa shape index (κ2) is 7.86. The first-order chi connectivity index (χ1) is 9.49. The van der Waals surface area contributed by atoms with E-state index in [9.17, 15) is 0 Å². The Morgan fingerprint density at radius 1 is 1.25 bits per heavy atom. The summed E-state index contributed by atoms with van der Waals surface area (Å²) in [6.07, 6.45) is 1.08. The van der Waals surface area contributed by atoms with Gasteiger partial charge in [-0.15, -0.1) is 0 Å². The van der Waals surface area contributed by atoms with Gasteiger partial charge in [0.2, 0.25) is 0 Å². The molecule has 0 amide bonds. The number of rotatable bonds is 7. The number of ether oxygens (including phenoxy) is 2. The molecular formula is C15H25BrN2O2. The van der Waals surface area contributed by atoms with E-state index < -0.39 is 0 Å². The minimum atomic E-state index is 0.138. The molecular weight excluding hydrogens is 320 g/mol. The molecule has 5 heteroatoms. The third-order valence-corrected chi connectivity index (χ3v) is 4.55. The van der Waals surface area contributed by atoms with E-state index in [0.717, 1.165) is 22.2 Å². The SMILES string of the molecule is CCC(C)N(C)C(CN)c1cc(OC)c(OC)cc1Br. The van der Waals surface area contributed by atoms with Crippen molar-refractivity contribution in [3.05, 3.63) is 22.2 Å². The molecule has 0 radical (unpaired) electrons. The Labute approximate surface area is 130 Å². The highest BCUT2D eigenvalue weighted by molar-refractivity contribution is 9.10. The van der Waals surface area contributed by atoms with Crippen LogP contribution in [-0.2, 0) is 0 Å². The quantitative estimate of drug-likeness (QED) is 0.825. The van der Waals surface area contributed by atoms with Crippen LogP contribution in [0.25, 0.3) is 0 Å². The van der Waals surface area contributed by atoms with Crippen molar-refractivity contribution in [3.63, 3.8) is 0 Å². The van der Waals surface area contributed by atoms with Crippen LogP contribution in [0.3, 0.4) is 0 Å². The zero-order valence-electron chi connectivity index (χ0n) is 12.9. The van der Waals surface area contributed by atoms with Crippen molar-refractivity contribution < 1.29 is 9.47 Å². The first-order valence-electron chi connectivity index (χ1n) is 6.83. The van der Waals surface area contributed by atoms with E-state index in [0.29, 0.717) is 18.3 Å². The van der Waals surface area contributed by atoms with Gasteiger partial charge in [-0.3, -0.25) is 4.90 Å². The van der Waals surface area contributed by atoms with Crippen LogP contribution in [0.2, 0.25) is 0 Å². The van der Waals surface area contributed by atoms with E-state index in [-0.39, 0.29) is 6.04 Å². The number of halogens is 1. The van der Waals surface area contributed by atoms with Gasteiger partial charge < -0.3 is 15.2 Å². The molecule has 2 N–H and O–H groups in total. The summed E-state index contributed by atoms with van der Waals surface area (Å²) in [5, 5.41) is 0. The Kier molecular flexibility index (Phi) is 6.79. The van der Waals surface area contributed by atoms with Crippen LogP contribution >= 0.6 is 15.9 Å². The maximum atomic E-state index is 5.99. The molecule has 1 rings (SSSR count). The van der Waals surface area contributed by atoms with Gasteiger partial charge in [0, 0.05) is 23.1 Å². The van der Waals surface area contributed by atoms with Gasteiger partial charge in [-0.1, -0.05) is 22.9 Å². The van der Waals surface area contributed by atoms with E-state index in [1.165, 1.54) is 0 Å². The van der Waals surface area contributed by atoms with Gasteiger partial charge in [-0.2, -0.15) is 0 Å². The normalized spacial score (nSPS) is 14.2. The van der Waals surface area contributed by atoms with Gasteiger partial charge in [0.1, 0.15) is 0 Å². The Balaban J connectivity index is 3.21. The monoisotopic (exact) mass is 344 g/mol. The van der Waals surface area contributed by atoms with Gasteiger partial charge in [0.25, 0.3) is 0 Å². The molecule has 1 aromatic rings. The van der Waals surface area contributed by atoms with Gasteiger partial charge in [0.15, 0.2) is 11.5 Å². The van der Waals surface area contributed by atoms with Gasteiger partial charge in [-0.05, 0) is 38.1 Å². The van der Waals surface area contributed by atoms with Crippen LogP contribution in [0.5, 0.6) is 11.5 Å². The largest absolute Gasteiger partial charge is 0.493 e. The maximum absolute atomic E-state index is 5.99. The zero-order chi connectivity index (χ0) is 15.3. The molecule has 0 heterocycles. The molecule has 0 spiro atoms. The molecule has 0 aromatic heterocycles. The van der Waals surface area contributed by atoms with Crippen molar-refractivity contribution in [2.45, 2.75) is 32.4 Å². The van der Waals surface area contributed by atoms with Crippen molar-refractivity contribution in [2.24, 2.45) is 5.73 Å². The van der Waals surface area contributed by atoms with Crippen molar-refractivity contribution in [1.29, 1.82) is 0 Å². The van der Waals surface area contributed by atoms with E-state index >= 15 is 0 Å². The summed E-state index contributed by atoms with van der Waals surface area (Å²) in [5.41, 5.74) is 7.11. The Hall–Kier alpha value is -0.780. The third kappa shape index (κ3) is 3.65. The molecule has 0 fully saturated rings. The molecule has 0 saturated carbocycles. The highest BCUT2D eigenvalue weighted by atomic mass is 79.9. The molecule has 2 atom stereocenters. The predicted molar refractivity (Wildman–Crippen MR) is 86.6 cm³/mol. The Bertz CT molecular complexity index is 440. The molecule has 0 bridgehead atoms. The molecule has 1 aromatic carbocycles. The first-order valence-corrected chi connectivity index (χ1v) is 7.62. The fraction of sp³-hybridized carbons (Fsp3) is 0.600. The molecule has 20 heavy (non-hydrogen) atoms. The Morgan fingerprint density at radius 2 is 1.80 bits per heavy atom. The van der Waals surface area contributed by atoms with E-state index in [2.05, 4.69) is 41.7 Å². The number of hydrogen-bond donors (Lipinski definition) is 1. The molecule has 0 aliphatic carbocycles. The molecule has 2 unspecified atom stereocenters. The molecule has 0 saturated heterocycles. The summed E-state index contributed by atoms with van der Waals surface area (Å²) in [4.78, 5) is 2.30. The van der Waals surface area contributed by atoms with Gasteiger partial charge in [-0.25, -0.2) is 0 Å². The van der Waals surface area contributed by atoms with Crippen LogP contribution in [0, 0.1) is 0 Å². The van der Waals surface area contributed by atoms with E-state index in [1.807, 2.05) is 12.1 Å². The summed E-state index contributed by atoms with van der Waals surface area (Å²) in [6.45, 7) is 4.94. The highest BCUT2D eigenvalue weighted by Gasteiger charge is 2.23. The maximum Gasteiger partial charge on any atom is 0.161 e. The second-order valence-corrected chi connectivity index (χ2v) is 5.76. The number of hydrogen-bond acceptors (Lipinski definition) is 4. The highest BCUT2D eigenvalue weighted by Crippen LogP contribution is 2.37. The Morgan fingerprint density at radius 3 is 2.25 bits per heavy atom. The molecule has 0 aliphatic rings. The van der Waals surface area contributed by atoms with Crippen LogP contribution in [0.1, 0.15) is 31.9 Å². The average molecular weight is 345 g/mol. The van der Waals surface area contributed by atoms with Crippen LogP contribution in [-0.4, -0.2) is 38.8 Å². The summed E-state index contributed by atoms with van der Waals surface area (Å²) in [6, 6.07) is 4.53. The number of methoxy groups -OCH3 is 2. The lowest BCUT2D eigenvalue weighted by molar-refractivity contribution is 0.184. The van der Waals surface area contributed by atoms with Gasteiger partial charge in [0.05, 0.1) is 14.2 Å². The minimum Gasteiger partial charge on any atom is -0.493 e. The lowest BCUT2D eigenvalue weighted by Gasteiger charge is -2.33.